The molecule has 1 aliphatic heterocycles. The van der Waals surface area contributed by atoms with Crippen LogP contribution in [0.3, 0.4) is 0 Å². The number of halogens is 2. The topological polar surface area (TPSA) is 20.3 Å². The number of rotatable bonds is 2. The van der Waals surface area contributed by atoms with Crippen molar-refractivity contribution in [2.75, 3.05) is 13.1 Å². The van der Waals surface area contributed by atoms with Crippen molar-refractivity contribution in [2.24, 2.45) is 0 Å². The zero-order valence-electron chi connectivity index (χ0n) is 11.4. The molecule has 1 saturated heterocycles. The van der Waals surface area contributed by atoms with Crippen molar-refractivity contribution in [1.29, 1.82) is 0 Å². The van der Waals surface area contributed by atoms with Crippen molar-refractivity contribution >= 4 is 17.5 Å². The van der Waals surface area contributed by atoms with Gasteiger partial charge in [-0.15, -0.1) is 0 Å². The summed E-state index contributed by atoms with van der Waals surface area (Å²) in [5.74, 6) is -0.576. The van der Waals surface area contributed by atoms with E-state index >= 15 is 0 Å². The third-order valence-electron chi connectivity index (χ3n) is 3.92. The van der Waals surface area contributed by atoms with Crippen LogP contribution in [0.4, 0.5) is 4.39 Å². The fourth-order valence-corrected chi connectivity index (χ4v) is 3.05. The van der Waals surface area contributed by atoms with E-state index in [1.807, 2.05) is 18.2 Å². The normalized spacial score (nSPS) is 18.0. The zero-order valence-corrected chi connectivity index (χ0v) is 12.2. The van der Waals surface area contributed by atoms with Gasteiger partial charge in [0.15, 0.2) is 0 Å². The Morgan fingerprint density at radius 2 is 1.90 bits per heavy atom. The first-order valence-corrected chi connectivity index (χ1v) is 7.33. The lowest BCUT2D eigenvalue weighted by Gasteiger charge is -2.18. The average Bonchev–Trinajstić information content (AvgIpc) is 2.97. The molecule has 1 aliphatic rings. The summed E-state index contributed by atoms with van der Waals surface area (Å²) in [6.07, 6.45) is 0.891. The van der Waals surface area contributed by atoms with Gasteiger partial charge >= 0.3 is 0 Å². The number of carbonyl (C=O) groups excluding carboxylic acids is 1. The molecule has 1 fully saturated rings. The number of likely N-dealkylation sites (tertiary alicyclic amines) is 1. The maximum absolute atomic E-state index is 13.8. The van der Waals surface area contributed by atoms with Crippen LogP contribution in [0, 0.1) is 5.82 Å². The van der Waals surface area contributed by atoms with Gasteiger partial charge in [0.25, 0.3) is 5.91 Å². The summed E-state index contributed by atoms with van der Waals surface area (Å²) in [5, 5.41) is 0.170. The summed E-state index contributed by atoms with van der Waals surface area (Å²) < 4.78 is 13.8. The van der Waals surface area contributed by atoms with E-state index < -0.39 is 5.82 Å². The van der Waals surface area contributed by atoms with Gasteiger partial charge in [0.05, 0.1) is 10.6 Å². The predicted octanol–water partition coefficient (Wildman–Crippen LogP) is 4.11. The summed E-state index contributed by atoms with van der Waals surface area (Å²) in [4.78, 5) is 14.1. The molecule has 1 amide bonds. The third kappa shape index (κ3) is 2.79. The zero-order chi connectivity index (χ0) is 14.8. The second-order valence-electron chi connectivity index (χ2n) is 5.24. The molecule has 3 rings (SSSR count). The minimum absolute atomic E-state index is 0.0205. The summed E-state index contributed by atoms with van der Waals surface area (Å²) in [6.45, 7) is 1.23. The molecule has 0 aromatic heterocycles. The molecule has 0 aliphatic carbocycles. The number of benzene rings is 2. The maximum atomic E-state index is 13.8. The van der Waals surface area contributed by atoms with E-state index in [4.69, 9.17) is 11.6 Å². The summed E-state index contributed by atoms with van der Waals surface area (Å²) in [6, 6.07) is 14.4. The van der Waals surface area contributed by atoms with Crippen LogP contribution in [-0.2, 0) is 0 Å². The Morgan fingerprint density at radius 1 is 1.14 bits per heavy atom. The quantitative estimate of drug-likeness (QED) is 0.817. The molecule has 1 heterocycles. The van der Waals surface area contributed by atoms with Crippen molar-refractivity contribution in [2.45, 2.75) is 12.3 Å². The van der Waals surface area contributed by atoms with E-state index in [0.29, 0.717) is 19.0 Å². The van der Waals surface area contributed by atoms with Crippen molar-refractivity contribution in [3.8, 4) is 0 Å². The first-order chi connectivity index (χ1) is 10.2. The Kier molecular flexibility index (Phi) is 3.93. The van der Waals surface area contributed by atoms with Crippen molar-refractivity contribution in [3.63, 3.8) is 0 Å². The monoisotopic (exact) mass is 303 g/mol. The van der Waals surface area contributed by atoms with Crippen LogP contribution in [0.25, 0.3) is 0 Å². The molecule has 0 N–H and O–H groups in total. The highest BCUT2D eigenvalue weighted by Gasteiger charge is 2.30. The summed E-state index contributed by atoms with van der Waals surface area (Å²) in [5.41, 5.74) is 1.19. The van der Waals surface area contributed by atoms with Crippen LogP contribution in [0.1, 0.15) is 28.3 Å². The van der Waals surface area contributed by atoms with Crippen molar-refractivity contribution in [1.82, 2.24) is 4.90 Å². The molecule has 0 unspecified atom stereocenters. The lowest BCUT2D eigenvalue weighted by molar-refractivity contribution is 0.0786. The smallest absolute Gasteiger partial charge is 0.258 e. The highest BCUT2D eigenvalue weighted by atomic mass is 35.5. The maximum Gasteiger partial charge on any atom is 0.258 e. The first-order valence-electron chi connectivity index (χ1n) is 6.95. The second kappa shape index (κ2) is 5.86. The van der Waals surface area contributed by atoms with Crippen molar-refractivity contribution in [3.05, 3.63) is 70.5 Å². The van der Waals surface area contributed by atoms with E-state index in [9.17, 15) is 9.18 Å². The highest BCUT2D eigenvalue weighted by molar-refractivity contribution is 6.33. The fourth-order valence-electron chi connectivity index (χ4n) is 2.80. The Hall–Kier alpha value is -1.87. The third-order valence-corrected chi connectivity index (χ3v) is 4.24. The number of amides is 1. The lowest BCUT2D eigenvalue weighted by atomic mass is 9.99. The largest absolute Gasteiger partial charge is 0.338 e. The van der Waals surface area contributed by atoms with Gasteiger partial charge < -0.3 is 4.90 Å². The molecule has 1 atom stereocenters. The molecule has 0 spiro atoms. The van der Waals surface area contributed by atoms with Crippen molar-refractivity contribution < 1.29 is 9.18 Å². The Labute approximate surface area is 128 Å². The summed E-state index contributed by atoms with van der Waals surface area (Å²) >= 11 is 5.97. The minimum atomic E-state index is -0.560. The molecular formula is C17H15ClFNO. The molecule has 2 aromatic rings. The van der Waals surface area contributed by atoms with Gasteiger partial charge in [0.2, 0.25) is 0 Å². The van der Waals surface area contributed by atoms with Gasteiger partial charge in [0.1, 0.15) is 5.82 Å². The number of hydrogen-bond acceptors (Lipinski definition) is 1. The first kappa shape index (κ1) is 14.1. The van der Waals surface area contributed by atoms with Crippen LogP contribution in [0.15, 0.2) is 48.5 Å². The lowest BCUT2D eigenvalue weighted by Crippen LogP contribution is -2.29. The molecule has 2 aromatic carbocycles. The number of carbonyl (C=O) groups is 1. The van der Waals surface area contributed by atoms with Gasteiger partial charge in [-0.2, -0.15) is 0 Å². The van der Waals surface area contributed by atoms with Crippen LogP contribution in [0.5, 0.6) is 0 Å². The SMILES string of the molecule is O=C(c1c(F)cccc1Cl)N1CC[C@@H](c2ccccc2)C1. The Morgan fingerprint density at radius 3 is 2.62 bits per heavy atom. The number of hydrogen-bond donors (Lipinski definition) is 0. The van der Waals surface area contributed by atoms with E-state index in [1.165, 1.54) is 17.7 Å². The molecule has 21 heavy (non-hydrogen) atoms. The van der Waals surface area contributed by atoms with Gasteiger partial charge in [0, 0.05) is 19.0 Å². The van der Waals surface area contributed by atoms with Crippen LogP contribution in [-0.4, -0.2) is 23.9 Å². The van der Waals surface area contributed by atoms with E-state index in [1.54, 1.807) is 11.0 Å². The second-order valence-corrected chi connectivity index (χ2v) is 5.65. The minimum Gasteiger partial charge on any atom is -0.338 e. The van der Waals surface area contributed by atoms with Gasteiger partial charge in [-0.05, 0) is 24.1 Å². The Balaban J connectivity index is 1.79. The fraction of sp³-hybridized carbons (Fsp3) is 0.235. The summed E-state index contributed by atoms with van der Waals surface area (Å²) in [7, 11) is 0. The van der Waals surface area contributed by atoms with Crippen LogP contribution in [0.2, 0.25) is 5.02 Å². The standard InChI is InChI=1S/C17H15ClFNO/c18-14-7-4-8-15(19)16(14)17(21)20-10-9-13(11-20)12-5-2-1-3-6-12/h1-8,13H,9-11H2/t13-/m1/s1. The number of nitrogens with zero attached hydrogens (tertiary/aromatic N) is 1. The molecule has 4 heteroatoms. The van der Waals surface area contributed by atoms with Gasteiger partial charge in [-0.1, -0.05) is 48.0 Å². The van der Waals surface area contributed by atoms with Crippen LogP contribution < -0.4 is 0 Å². The average molecular weight is 304 g/mol. The molecule has 0 radical (unpaired) electrons. The molecule has 2 nitrogen and oxygen atoms in total. The van der Waals surface area contributed by atoms with Gasteiger partial charge in [-0.3, -0.25) is 4.79 Å². The molecule has 0 saturated carbocycles. The van der Waals surface area contributed by atoms with Crippen LogP contribution >= 0.6 is 11.6 Å². The Bertz CT molecular complexity index is 639. The molecular weight excluding hydrogens is 289 g/mol. The predicted molar refractivity (Wildman–Crippen MR) is 81.1 cm³/mol. The highest BCUT2D eigenvalue weighted by Crippen LogP contribution is 2.29. The molecule has 108 valence electrons. The van der Waals surface area contributed by atoms with E-state index in [2.05, 4.69) is 12.1 Å². The van der Waals surface area contributed by atoms with Gasteiger partial charge in [-0.25, -0.2) is 4.39 Å². The van der Waals surface area contributed by atoms with E-state index in [-0.39, 0.29) is 16.5 Å². The van der Waals surface area contributed by atoms with E-state index in [0.717, 1.165) is 6.42 Å². The molecule has 0 bridgehead atoms.